The Morgan fingerprint density at radius 3 is 2.21 bits per heavy atom. The van der Waals surface area contributed by atoms with Gasteiger partial charge in [-0.3, -0.25) is 4.79 Å². The summed E-state index contributed by atoms with van der Waals surface area (Å²) in [5.74, 6) is -1.79. The van der Waals surface area contributed by atoms with E-state index in [0.717, 1.165) is 0 Å². The number of rotatable bonds is 7. The zero-order valence-electron chi connectivity index (χ0n) is 11.5. The van der Waals surface area contributed by atoms with E-state index in [1.54, 1.807) is 13.8 Å². The monoisotopic (exact) mass is 276 g/mol. The standard InChI is InChI=1S/C11H20N2O6/c1-7(2)13(5-9(14)19-4)11(17)12-8(6-18-3)10(15)16/h7-8H,5-6H2,1-4H3,(H,12,17)(H,15,16). The quantitative estimate of drug-likeness (QED) is 0.617. The maximum absolute atomic E-state index is 11.9. The summed E-state index contributed by atoms with van der Waals surface area (Å²) in [4.78, 5) is 35.2. The number of nitrogens with one attached hydrogen (secondary N) is 1. The average Bonchev–Trinajstić information content (AvgIpc) is 2.34. The smallest absolute Gasteiger partial charge is 0.328 e. The molecular formula is C11H20N2O6. The van der Waals surface area contributed by atoms with Gasteiger partial charge in [0.25, 0.3) is 0 Å². The molecular weight excluding hydrogens is 256 g/mol. The van der Waals surface area contributed by atoms with Gasteiger partial charge in [0.05, 0.1) is 13.7 Å². The minimum absolute atomic E-state index is 0.161. The Morgan fingerprint density at radius 1 is 1.26 bits per heavy atom. The Bertz CT molecular complexity index is 331. The van der Waals surface area contributed by atoms with Crippen LogP contribution < -0.4 is 5.32 Å². The Labute approximate surface area is 111 Å². The summed E-state index contributed by atoms with van der Waals surface area (Å²) in [7, 11) is 2.54. The van der Waals surface area contributed by atoms with E-state index in [-0.39, 0.29) is 19.2 Å². The molecule has 8 heteroatoms. The van der Waals surface area contributed by atoms with E-state index in [1.807, 2.05) is 0 Å². The van der Waals surface area contributed by atoms with Gasteiger partial charge >= 0.3 is 18.0 Å². The summed E-state index contributed by atoms with van der Waals surface area (Å²) in [6.45, 7) is 2.99. The minimum Gasteiger partial charge on any atom is -0.480 e. The molecule has 0 aromatic rings. The van der Waals surface area contributed by atoms with Crippen molar-refractivity contribution in [3.63, 3.8) is 0 Å². The fraction of sp³-hybridized carbons (Fsp3) is 0.727. The van der Waals surface area contributed by atoms with Crippen LogP contribution in [0.25, 0.3) is 0 Å². The molecule has 1 atom stereocenters. The summed E-state index contributed by atoms with van der Waals surface area (Å²) < 4.78 is 9.18. The highest BCUT2D eigenvalue weighted by atomic mass is 16.5. The van der Waals surface area contributed by atoms with E-state index in [4.69, 9.17) is 9.84 Å². The molecule has 2 N–H and O–H groups in total. The fourth-order valence-corrected chi connectivity index (χ4v) is 1.27. The number of hydrogen-bond donors (Lipinski definition) is 2. The van der Waals surface area contributed by atoms with Gasteiger partial charge in [-0.15, -0.1) is 0 Å². The summed E-state index contributed by atoms with van der Waals surface area (Å²) in [5.41, 5.74) is 0. The molecule has 19 heavy (non-hydrogen) atoms. The summed E-state index contributed by atoms with van der Waals surface area (Å²) in [6, 6.07) is -2.11. The van der Waals surface area contributed by atoms with Gasteiger partial charge in [0, 0.05) is 13.2 Å². The first-order chi connectivity index (χ1) is 8.83. The molecule has 0 rings (SSSR count). The minimum atomic E-state index is -1.21. The largest absolute Gasteiger partial charge is 0.480 e. The van der Waals surface area contributed by atoms with Gasteiger partial charge in [0.1, 0.15) is 6.54 Å². The third-order valence-corrected chi connectivity index (χ3v) is 2.34. The van der Waals surface area contributed by atoms with Crippen molar-refractivity contribution in [1.82, 2.24) is 10.2 Å². The van der Waals surface area contributed by atoms with Gasteiger partial charge in [0.2, 0.25) is 0 Å². The topological polar surface area (TPSA) is 105 Å². The van der Waals surface area contributed by atoms with Crippen molar-refractivity contribution in [2.75, 3.05) is 27.4 Å². The Morgan fingerprint density at radius 2 is 1.84 bits per heavy atom. The van der Waals surface area contributed by atoms with Crippen LogP contribution in [0.3, 0.4) is 0 Å². The van der Waals surface area contributed by atoms with Gasteiger partial charge in [-0.1, -0.05) is 0 Å². The number of amides is 2. The molecule has 0 aromatic carbocycles. The van der Waals surface area contributed by atoms with Crippen molar-refractivity contribution >= 4 is 18.0 Å². The third-order valence-electron chi connectivity index (χ3n) is 2.34. The first kappa shape index (κ1) is 17.2. The number of carbonyl (C=O) groups excluding carboxylic acids is 2. The predicted molar refractivity (Wildman–Crippen MR) is 65.7 cm³/mol. The van der Waals surface area contributed by atoms with Crippen molar-refractivity contribution in [2.24, 2.45) is 0 Å². The number of carboxylic acid groups (broad SMARTS) is 1. The molecule has 0 saturated carbocycles. The van der Waals surface area contributed by atoms with Gasteiger partial charge < -0.3 is 24.8 Å². The second kappa shape index (κ2) is 8.30. The summed E-state index contributed by atoms with van der Waals surface area (Å²) in [5, 5.41) is 11.2. The molecule has 1 unspecified atom stereocenters. The van der Waals surface area contributed by atoms with Crippen LogP contribution in [-0.4, -0.2) is 67.4 Å². The van der Waals surface area contributed by atoms with Crippen LogP contribution in [0.15, 0.2) is 0 Å². The van der Waals surface area contributed by atoms with Crippen LogP contribution >= 0.6 is 0 Å². The number of aliphatic carboxylic acids is 1. The van der Waals surface area contributed by atoms with E-state index in [0.29, 0.717) is 0 Å². The highest BCUT2D eigenvalue weighted by molar-refractivity contribution is 5.85. The van der Waals surface area contributed by atoms with Crippen LogP contribution in [0.1, 0.15) is 13.8 Å². The van der Waals surface area contributed by atoms with Gasteiger partial charge in [0.15, 0.2) is 6.04 Å². The predicted octanol–water partition coefficient (Wildman–Crippen LogP) is -0.321. The second-order valence-corrected chi connectivity index (χ2v) is 4.09. The van der Waals surface area contributed by atoms with Crippen molar-refractivity contribution in [3.8, 4) is 0 Å². The lowest BCUT2D eigenvalue weighted by Crippen LogP contribution is -2.53. The SMILES string of the molecule is COCC(NC(=O)N(CC(=O)OC)C(C)C)C(=O)O. The molecule has 0 bridgehead atoms. The number of methoxy groups -OCH3 is 2. The molecule has 0 aliphatic heterocycles. The van der Waals surface area contributed by atoms with Crippen molar-refractivity contribution < 1.29 is 29.0 Å². The average molecular weight is 276 g/mol. The maximum atomic E-state index is 11.9. The lowest BCUT2D eigenvalue weighted by molar-refractivity contribution is -0.141. The Balaban J connectivity index is 4.71. The summed E-state index contributed by atoms with van der Waals surface area (Å²) in [6.07, 6.45) is 0. The number of carboxylic acids is 1. The molecule has 0 saturated heterocycles. The van der Waals surface area contributed by atoms with E-state index in [1.165, 1.54) is 19.1 Å². The van der Waals surface area contributed by atoms with Crippen LogP contribution in [0.5, 0.6) is 0 Å². The van der Waals surface area contributed by atoms with Gasteiger partial charge in [-0.2, -0.15) is 0 Å². The van der Waals surface area contributed by atoms with Crippen LogP contribution in [0.2, 0.25) is 0 Å². The number of hydrogen-bond acceptors (Lipinski definition) is 5. The van der Waals surface area contributed by atoms with E-state index in [9.17, 15) is 14.4 Å². The lowest BCUT2D eigenvalue weighted by Gasteiger charge is -2.27. The summed E-state index contributed by atoms with van der Waals surface area (Å²) >= 11 is 0. The number of urea groups is 1. The number of nitrogens with zero attached hydrogens (tertiary/aromatic N) is 1. The van der Waals surface area contributed by atoms with Crippen LogP contribution in [0.4, 0.5) is 4.79 Å². The molecule has 8 nitrogen and oxygen atoms in total. The first-order valence-electron chi connectivity index (χ1n) is 5.69. The van der Waals surface area contributed by atoms with Gasteiger partial charge in [-0.25, -0.2) is 9.59 Å². The normalized spacial score (nSPS) is 11.8. The van der Waals surface area contributed by atoms with Crippen molar-refractivity contribution in [3.05, 3.63) is 0 Å². The maximum Gasteiger partial charge on any atom is 0.328 e. The zero-order valence-corrected chi connectivity index (χ0v) is 11.5. The number of carbonyl (C=O) groups is 3. The molecule has 0 heterocycles. The molecule has 0 spiro atoms. The number of esters is 1. The third kappa shape index (κ3) is 6.05. The van der Waals surface area contributed by atoms with Gasteiger partial charge in [-0.05, 0) is 13.8 Å². The second-order valence-electron chi connectivity index (χ2n) is 4.09. The Kier molecular flexibility index (Phi) is 7.50. The molecule has 2 amide bonds. The first-order valence-corrected chi connectivity index (χ1v) is 5.69. The van der Waals surface area contributed by atoms with Crippen molar-refractivity contribution in [2.45, 2.75) is 25.9 Å². The zero-order chi connectivity index (χ0) is 15.0. The molecule has 0 aliphatic rings. The van der Waals surface area contributed by atoms with Crippen molar-refractivity contribution in [1.29, 1.82) is 0 Å². The lowest BCUT2D eigenvalue weighted by atomic mass is 10.3. The Hall–Kier alpha value is -1.83. The van der Waals surface area contributed by atoms with E-state index < -0.39 is 24.0 Å². The highest BCUT2D eigenvalue weighted by Crippen LogP contribution is 2.01. The van der Waals surface area contributed by atoms with E-state index in [2.05, 4.69) is 10.1 Å². The molecule has 110 valence electrons. The molecule has 0 radical (unpaired) electrons. The number of ether oxygens (including phenoxy) is 2. The fourth-order valence-electron chi connectivity index (χ4n) is 1.27. The van der Waals surface area contributed by atoms with Crippen LogP contribution in [0, 0.1) is 0 Å². The molecule has 0 aromatic heterocycles. The molecule has 0 aliphatic carbocycles. The van der Waals surface area contributed by atoms with Crippen LogP contribution in [-0.2, 0) is 19.1 Å². The van der Waals surface area contributed by atoms with E-state index >= 15 is 0 Å². The molecule has 0 fully saturated rings. The highest BCUT2D eigenvalue weighted by Gasteiger charge is 2.26.